The second-order valence-corrected chi connectivity index (χ2v) is 6.69. The van der Waals surface area contributed by atoms with E-state index in [0.29, 0.717) is 17.2 Å². The van der Waals surface area contributed by atoms with Gasteiger partial charge in [-0.15, -0.1) is 0 Å². The lowest BCUT2D eigenvalue weighted by Gasteiger charge is -2.31. The molecule has 1 saturated heterocycles. The van der Waals surface area contributed by atoms with Crippen molar-refractivity contribution in [2.75, 3.05) is 19.1 Å². The van der Waals surface area contributed by atoms with Crippen molar-refractivity contribution < 1.29 is 19.1 Å². The molecular formula is C21H23NO4. The van der Waals surface area contributed by atoms with Crippen LogP contribution in [-0.2, 0) is 9.59 Å². The maximum Gasteiger partial charge on any atom is 0.234 e. The van der Waals surface area contributed by atoms with Crippen LogP contribution in [0.5, 0.6) is 11.5 Å². The van der Waals surface area contributed by atoms with E-state index in [4.69, 9.17) is 9.47 Å². The van der Waals surface area contributed by atoms with E-state index in [-0.39, 0.29) is 30.6 Å². The quantitative estimate of drug-likeness (QED) is 0.786. The lowest BCUT2D eigenvalue weighted by atomic mass is 9.88. The minimum Gasteiger partial charge on any atom is -0.493 e. The number of amides is 2. The van der Waals surface area contributed by atoms with Crippen molar-refractivity contribution in [3.63, 3.8) is 0 Å². The van der Waals surface area contributed by atoms with Crippen molar-refractivity contribution in [2.24, 2.45) is 0 Å². The molecule has 26 heavy (non-hydrogen) atoms. The van der Waals surface area contributed by atoms with Gasteiger partial charge in [-0.1, -0.05) is 12.1 Å². The summed E-state index contributed by atoms with van der Waals surface area (Å²) in [6.45, 7) is 3.92. The molecule has 0 spiro atoms. The summed E-state index contributed by atoms with van der Waals surface area (Å²) in [5.41, 5.74) is 3.62. The number of carbonyl (C=O) groups is 2. The largest absolute Gasteiger partial charge is 0.493 e. The molecule has 136 valence electrons. The second kappa shape index (κ2) is 7.20. The molecular weight excluding hydrogens is 330 g/mol. The number of aryl methyl sites for hydroxylation is 2. The van der Waals surface area contributed by atoms with Gasteiger partial charge in [-0.2, -0.15) is 0 Å². The van der Waals surface area contributed by atoms with Crippen molar-refractivity contribution >= 4 is 17.5 Å². The van der Waals surface area contributed by atoms with Gasteiger partial charge in [0.1, 0.15) is 0 Å². The Hall–Kier alpha value is -2.82. The maximum atomic E-state index is 12.7. The fraction of sp³-hybridized carbons (Fsp3) is 0.333. The fourth-order valence-corrected chi connectivity index (χ4v) is 3.53. The molecule has 2 aromatic carbocycles. The first-order valence-electron chi connectivity index (χ1n) is 8.59. The molecule has 2 amide bonds. The molecule has 1 aliphatic rings. The number of piperidine rings is 1. The summed E-state index contributed by atoms with van der Waals surface area (Å²) in [7, 11) is 3.15. The highest BCUT2D eigenvalue weighted by Crippen LogP contribution is 2.36. The Morgan fingerprint density at radius 1 is 0.846 bits per heavy atom. The van der Waals surface area contributed by atoms with E-state index < -0.39 is 0 Å². The third-order valence-electron chi connectivity index (χ3n) is 4.68. The first-order valence-corrected chi connectivity index (χ1v) is 8.59. The van der Waals surface area contributed by atoms with Crippen LogP contribution in [0.15, 0.2) is 36.4 Å². The van der Waals surface area contributed by atoms with Gasteiger partial charge in [0, 0.05) is 18.8 Å². The highest BCUT2D eigenvalue weighted by atomic mass is 16.5. The van der Waals surface area contributed by atoms with E-state index in [1.165, 1.54) is 4.90 Å². The third-order valence-corrected chi connectivity index (χ3v) is 4.68. The number of methoxy groups -OCH3 is 2. The number of rotatable bonds is 4. The molecule has 1 fully saturated rings. The van der Waals surface area contributed by atoms with Crippen LogP contribution in [0.2, 0.25) is 0 Å². The normalized spacial score (nSPS) is 15.3. The van der Waals surface area contributed by atoms with Gasteiger partial charge in [0.05, 0.1) is 19.9 Å². The molecule has 0 bridgehead atoms. The zero-order valence-electron chi connectivity index (χ0n) is 15.5. The minimum atomic E-state index is -0.175. The molecule has 1 aliphatic heterocycles. The second-order valence-electron chi connectivity index (χ2n) is 6.69. The number of anilines is 1. The van der Waals surface area contributed by atoms with Gasteiger partial charge in [0.15, 0.2) is 11.5 Å². The van der Waals surface area contributed by atoms with Crippen LogP contribution in [0, 0.1) is 13.8 Å². The highest BCUT2D eigenvalue weighted by Gasteiger charge is 2.34. The molecule has 1 heterocycles. The summed E-state index contributed by atoms with van der Waals surface area (Å²) in [6, 6.07) is 11.3. The zero-order chi connectivity index (χ0) is 18.8. The fourth-order valence-electron chi connectivity index (χ4n) is 3.53. The van der Waals surface area contributed by atoms with E-state index >= 15 is 0 Å². The van der Waals surface area contributed by atoms with E-state index in [0.717, 1.165) is 16.7 Å². The molecule has 0 aromatic heterocycles. The number of imide groups is 1. The summed E-state index contributed by atoms with van der Waals surface area (Å²) in [4.78, 5) is 26.8. The van der Waals surface area contributed by atoms with Crippen LogP contribution in [0.4, 0.5) is 5.69 Å². The maximum absolute atomic E-state index is 12.7. The van der Waals surface area contributed by atoms with E-state index in [9.17, 15) is 9.59 Å². The van der Waals surface area contributed by atoms with E-state index in [1.807, 2.05) is 44.2 Å². The number of hydrogen-bond acceptors (Lipinski definition) is 4. The Labute approximate surface area is 153 Å². The molecule has 3 rings (SSSR count). The predicted octanol–water partition coefficient (Wildman–Crippen LogP) is 3.76. The monoisotopic (exact) mass is 353 g/mol. The van der Waals surface area contributed by atoms with Gasteiger partial charge < -0.3 is 9.47 Å². The topological polar surface area (TPSA) is 55.8 Å². The number of carbonyl (C=O) groups excluding carboxylic acids is 2. The van der Waals surface area contributed by atoms with Crippen molar-refractivity contribution in [2.45, 2.75) is 32.6 Å². The lowest BCUT2D eigenvalue weighted by molar-refractivity contribution is -0.129. The molecule has 5 nitrogen and oxygen atoms in total. The summed E-state index contributed by atoms with van der Waals surface area (Å²) in [6.07, 6.45) is 0.572. The standard InChI is InChI=1S/C21H23NO4/c1-13-7-14(2)9-17(8-13)22-20(23)11-16(12-21(22)24)15-5-6-18(25-3)19(10-15)26-4/h5-10,16H,11-12H2,1-4H3. The molecule has 5 heteroatoms. The van der Waals surface area contributed by atoms with Crippen LogP contribution < -0.4 is 14.4 Å². The van der Waals surface area contributed by atoms with Crippen LogP contribution in [0.25, 0.3) is 0 Å². The average molecular weight is 353 g/mol. The van der Waals surface area contributed by atoms with E-state index in [2.05, 4.69) is 0 Å². The third kappa shape index (κ3) is 3.43. The van der Waals surface area contributed by atoms with Crippen LogP contribution >= 0.6 is 0 Å². The molecule has 0 aliphatic carbocycles. The zero-order valence-corrected chi connectivity index (χ0v) is 15.5. The predicted molar refractivity (Wildman–Crippen MR) is 99.9 cm³/mol. The molecule has 0 saturated carbocycles. The Kier molecular flexibility index (Phi) is 4.98. The van der Waals surface area contributed by atoms with Gasteiger partial charge in [0.2, 0.25) is 11.8 Å². The van der Waals surface area contributed by atoms with Gasteiger partial charge >= 0.3 is 0 Å². The van der Waals surface area contributed by atoms with Crippen molar-refractivity contribution in [1.29, 1.82) is 0 Å². The summed E-state index contributed by atoms with van der Waals surface area (Å²) < 4.78 is 10.6. The summed E-state index contributed by atoms with van der Waals surface area (Å²) in [5.74, 6) is 0.720. The van der Waals surface area contributed by atoms with Crippen molar-refractivity contribution in [3.8, 4) is 11.5 Å². The molecule has 0 unspecified atom stereocenters. The van der Waals surface area contributed by atoms with Crippen LogP contribution in [-0.4, -0.2) is 26.0 Å². The Balaban J connectivity index is 1.87. The SMILES string of the molecule is COc1ccc(C2CC(=O)N(c3cc(C)cc(C)c3)C(=O)C2)cc1OC. The van der Waals surface area contributed by atoms with E-state index in [1.54, 1.807) is 20.3 Å². The van der Waals surface area contributed by atoms with Crippen molar-refractivity contribution in [3.05, 3.63) is 53.1 Å². The van der Waals surface area contributed by atoms with Gasteiger partial charge in [0.25, 0.3) is 0 Å². The Bertz CT molecular complexity index is 821. The van der Waals surface area contributed by atoms with Gasteiger partial charge in [-0.05, 0) is 54.8 Å². The first-order chi connectivity index (χ1) is 12.4. The minimum absolute atomic E-state index is 0.156. The average Bonchev–Trinajstić information content (AvgIpc) is 2.59. The number of nitrogens with zero attached hydrogens (tertiary/aromatic N) is 1. The van der Waals surface area contributed by atoms with Gasteiger partial charge in [-0.25, -0.2) is 0 Å². The van der Waals surface area contributed by atoms with Crippen LogP contribution in [0.3, 0.4) is 0 Å². The number of ether oxygens (including phenoxy) is 2. The smallest absolute Gasteiger partial charge is 0.234 e. The molecule has 0 radical (unpaired) electrons. The Morgan fingerprint density at radius 2 is 1.42 bits per heavy atom. The highest BCUT2D eigenvalue weighted by molar-refractivity contribution is 6.17. The summed E-state index contributed by atoms with van der Waals surface area (Å²) in [5, 5.41) is 0. The summed E-state index contributed by atoms with van der Waals surface area (Å²) >= 11 is 0. The lowest BCUT2D eigenvalue weighted by Crippen LogP contribution is -2.42. The molecule has 0 N–H and O–H groups in total. The van der Waals surface area contributed by atoms with Crippen molar-refractivity contribution in [1.82, 2.24) is 0 Å². The molecule has 2 aromatic rings. The first kappa shape index (κ1) is 18.0. The van der Waals surface area contributed by atoms with Gasteiger partial charge in [-0.3, -0.25) is 14.5 Å². The Morgan fingerprint density at radius 3 is 1.96 bits per heavy atom. The number of hydrogen-bond donors (Lipinski definition) is 0. The number of benzene rings is 2. The van der Waals surface area contributed by atoms with Crippen LogP contribution in [0.1, 0.15) is 35.4 Å². The molecule has 0 atom stereocenters.